The van der Waals surface area contributed by atoms with Gasteiger partial charge in [0.25, 0.3) is 0 Å². The van der Waals surface area contributed by atoms with Crippen molar-refractivity contribution < 1.29 is 19.4 Å². The van der Waals surface area contributed by atoms with Crippen LogP contribution in [-0.4, -0.2) is 65.6 Å². The molecule has 1 N–H and O–H groups in total. The van der Waals surface area contributed by atoms with E-state index < -0.39 is 0 Å². The number of hydrogen-bond donors (Lipinski definition) is 1. The number of benzene rings is 2. The highest BCUT2D eigenvalue weighted by Gasteiger charge is 2.54. The predicted molar refractivity (Wildman–Crippen MR) is 154 cm³/mol. The topological polar surface area (TPSA) is 70.1 Å². The first-order valence-electron chi connectivity index (χ1n) is 14.4. The standard InChI is InChI=1S/C33H44N2O4/c1-4-19-35-20-18-33(27-15-11-16-29(37)21-27)23-28(22-31(30(33)24-35)39-25(2)36)34(3)32(38)17-10-6-9-14-26-12-7-5-8-13-26/h4-5,7-8,11-13,15-16,21,28,30-31,37H,1,6,9-10,14,17-20,22-24H2,2-3H3/t28-,30-,31?,33-/m0/s1. The molecule has 1 aliphatic carbocycles. The van der Waals surface area contributed by atoms with E-state index >= 15 is 0 Å². The highest BCUT2D eigenvalue weighted by molar-refractivity contribution is 5.76. The molecule has 1 amide bonds. The molecule has 2 fully saturated rings. The number of phenols is 1. The van der Waals surface area contributed by atoms with Gasteiger partial charge in [-0.05, 0) is 61.9 Å². The maximum Gasteiger partial charge on any atom is 0.302 e. The van der Waals surface area contributed by atoms with E-state index in [1.54, 1.807) is 6.07 Å². The van der Waals surface area contributed by atoms with Crippen LogP contribution in [0.15, 0.2) is 67.3 Å². The lowest BCUT2D eigenvalue weighted by Crippen LogP contribution is -2.61. The number of aryl methyl sites for hydroxylation is 1. The van der Waals surface area contributed by atoms with E-state index in [4.69, 9.17) is 4.74 Å². The number of amides is 1. The van der Waals surface area contributed by atoms with Gasteiger partial charge in [0.2, 0.25) is 5.91 Å². The molecule has 1 unspecified atom stereocenters. The Labute approximate surface area is 233 Å². The average molecular weight is 533 g/mol. The average Bonchev–Trinajstić information content (AvgIpc) is 2.93. The Kier molecular flexibility index (Phi) is 9.84. The fourth-order valence-electron chi connectivity index (χ4n) is 6.84. The molecule has 4 atom stereocenters. The zero-order chi connectivity index (χ0) is 27.8. The van der Waals surface area contributed by atoms with Crippen LogP contribution in [0.4, 0.5) is 0 Å². The fraction of sp³-hybridized carbons (Fsp3) is 0.515. The first-order chi connectivity index (χ1) is 18.8. The number of fused-ring (bicyclic) bond motifs is 1. The molecule has 210 valence electrons. The number of hydrogen-bond acceptors (Lipinski definition) is 5. The normalized spacial score (nSPS) is 24.9. The van der Waals surface area contributed by atoms with Gasteiger partial charge in [0.1, 0.15) is 11.9 Å². The van der Waals surface area contributed by atoms with Crippen molar-refractivity contribution in [1.29, 1.82) is 0 Å². The van der Waals surface area contributed by atoms with Crippen LogP contribution in [0.5, 0.6) is 5.75 Å². The number of likely N-dealkylation sites (tertiary alicyclic amines) is 1. The summed E-state index contributed by atoms with van der Waals surface area (Å²) in [7, 11) is 1.91. The lowest BCUT2D eigenvalue weighted by Gasteiger charge is -2.56. The summed E-state index contributed by atoms with van der Waals surface area (Å²) in [4.78, 5) is 29.9. The van der Waals surface area contributed by atoms with E-state index in [1.807, 2.05) is 36.2 Å². The minimum absolute atomic E-state index is 0.0456. The number of ether oxygens (including phenoxy) is 1. The molecule has 0 aromatic heterocycles. The quantitative estimate of drug-likeness (QED) is 0.235. The highest BCUT2D eigenvalue weighted by atomic mass is 16.5. The van der Waals surface area contributed by atoms with Crippen molar-refractivity contribution in [2.24, 2.45) is 5.92 Å². The van der Waals surface area contributed by atoms with Gasteiger partial charge in [-0.25, -0.2) is 0 Å². The molecule has 1 heterocycles. The Morgan fingerprint density at radius 1 is 1.15 bits per heavy atom. The molecule has 0 radical (unpaired) electrons. The molecule has 1 saturated heterocycles. The summed E-state index contributed by atoms with van der Waals surface area (Å²) in [5, 5.41) is 10.4. The Bertz CT molecular complexity index is 1120. The van der Waals surface area contributed by atoms with Crippen LogP contribution in [0.2, 0.25) is 0 Å². The molecule has 39 heavy (non-hydrogen) atoms. The SMILES string of the molecule is C=CCN1CC[C@@]2(c3cccc(O)c3)C[C@@H](N(C)C(=O)CCCCCc3ccccc3)CC(OC(C)=O)[C@@H]2C1. The Hall–Kier alpha value is -3.12. The molecule has 1 aliphatic heterocycles. The summed E-state index contributed by atoms with van der Waals surface area (Å²) in [5.41, 5.74) is 2.10. The third-order valence-electron chi connectivity index (χ3n) is 8.86. The summed E-state index contributed by atoms with van der Waals surface area (Å²) >= 11 is 0. The molecule has 6 heteroatoms. The van der Waals surface area contributed by atoms with Crippen LogP contribution in [-0.2, 0) is 26.2 Å². The largest absolute Gasteiger partial charge is 0.508 e. The number of rotatable bonds is 11. The first kappa shape index (κ1) is 28.9. The minimum Gasteiger partial charge on any atom is -0.508 e. The van der Waals surface area contributed by atoms with Crippen molar-refractivity contribution in [3.8, 4) is 5.75 Å². The van der Waals surface area contributed by atoms with Crippen molar-refractivity contribution in [3.63, 3.8) is 0 Å². The van der Waals surface area contributed by atoms with E-state index in [0.29, 0.717) is 12.8 Å². The number of nitrogens with zero attached hydrogens (tertiary/aromatic N) is 2. The smallest absolute Gasteiger partial charge is 0.302 e. The van der Waals surface area contributed by atoms with E-state index in [1.165, 1.54) is 12.5 Å². The molecule has 4 rings (SSSR count). The van der Waals surface area contributed by atoms with E-state index in [-0.39, 0.29) is 41.1 Å². The number of carbonyl (C=O) groups excluding carboxylic acids is 2. The zero-order valence-corrected chi connectivity index (χ0v) is 23.6. The summed E-state index contributed by atoms with van der Waals surface area (Å²) in [5.74, 6) is 0.156. The van der Waals surface area contributed by atoms with Gasteiger partial charge in [0.05, 0.1) is 0 Å². The van der Waals surface area contributed by atoms with Crippen molar-refractivity contribution in [2.45, 2.75) is 75.9 Å². The molecule has 1 saturated carbocycles. The van der Waals surface area contributed by atoms with Crippen LogP contribution in [0.25, 0.3) is 0 Å². The monoisotopic (exact) mass is 532 g/mol. The second-order valence-electron chi connectivity index (χ2n) is 11.4. The summed E-state index contributed by atoms with van der Waals surface area (Å²) in [6.07, 6.45) is 8.41. The zero-order valence-electron chi connectivity index (χ0n) is 23.6. The van der Waals surface area contributed by atoms with E-state index in [2.05, 4.69) is 41.8 Å². The minimum atomic E-state index is -0.308. The van der Waals surface area contributed by atoms with Crippen LogP contribution >= 0.6 is 0 Å². The van der Waals surface area contributed by atoms with Crippen LogP contribution in [0.3, 0.4) is 0 Å². The molecular formula is C33H44N2O4. The molecule has 0 bridgehead atoms. The van der Waals surface area contributed by atoms with Crippen LogP contribution in [0, 0.1) is 5.92 Å². The molecule has 2 aromatic rings. The van der Waals surface area contributed by atoms with Gasteiger partial charge in [-0.1, -0.05) is 55.0 Å². The predicted octanol–water partition coefficient (Wildman–Crippen LogP) is 5.49. The summed E-state index contributed by atoms with van der Waals surface area (Å²) in [6.45, 7) is 7.83. The summed E-state index contributed by atoms with van der Waals surface area (Å²) < 4.78 is 5.99. The van der Waals surface area contributed by atoms with Gasteiger partial charge in [-0.3, -0.25) is 14.5 Å². The Morgan fingerprint density at radius 3 is 2.67 bits per heavy atom. The van der Waals surface area contributed by atoms with Gasteiger partial charge in [-0.2, -0.15) is 0 Å². The van der Waals surface area contributed by atoms with Crippen molar-refractivity contribution >= 4 is 11.9 Å². The van der Waals surface area contributed by atoms with E-state index in [0.717, 1.165) is 63.7 Å². The summed E-state index contributed by atoms with van der Waals surface area (Å²) in [6, 6.07) is 18.0. The third-order valence-corrected chi connectivity index (χ3v) is 8.86. The number of phenolic OH excluding ortho intramolecular Hbond substituents is 1. The Balaban J connectivity index is 1.49. The third kappa shape index (κ3) is 7.10. The molecule has 0 spiro atoms. The molecule has 2 aliphatic rings. The number of unbranched alkanes of at least 4 members (excludes halogenated alkanes) is 2. The maximum atomic E-state index is 13.4. The van der Waals surface area contributed by atoms with Crippen molar-refractivity contribution in [3.05, 3.63) is 78.4 Å². The Morgan fingerprint density at radius 2 is 1.95 bits per heavy atom. The molecular weight excluding hydrogens is 488 g/mol. The number of carbonyl (C=O) groups is 2. The van der Waals surface area contributed by atoms with Gasteiger partial charge in [0.15, 0.2) is 0 Å². The van der Waals surface area contributed by atoms with Crippen LogP contribution < -0.4 is 0 Å². The van der Waals surface area contributed by atoms with Crippen LogP contribution in [0.1, 0.15) is 63.0 Å². The van der Waals surface area contributed by atoms with Gasteiger partial charge >= 0.3 is 5.97 Å². The number of aromatic hydroxyl groups is 1. The van der Waals surface area contributed by atoms with Crippen molar-refractivity contribution in [2.75, 3.05) is 26.7 Å². The second-order valence-corrected chi connectivity index (χ2v) is 11.4. The van der Waals surface area contributed by atoms with Gasteiger partial charge in [0, 0.05) is 57.3 Å². The lowest BCUT2D eigenvalue weighted by atomic mass is 9.56. The van der Waals surface area contributed by atoms with Gasteiger partial charge < -0.3 is 14.7 Å². The second kappa shape index (κ2) is 13.3. The van der Waals surface area contributed by atoms with Gasteiger partial charge in [-0.15, -0.1) is 6.58 Å². The number of piperidine rings is 1. The maximum absolute atomic E-state index is 13.4. The first-order valence-corrected chi connectivity index (χ1v) is 14.4. The molecule has 6 nitrogen and oxygen atoms in total. The highest BCUT2D eigenvalue weighted by Crippen LogP contribution is 2.51. The number of esters is 1. The van der Waals surface area contributed by atoms with E-state index in [9.17, 15) is 14.7 Å². The fourth-order valence-corrected chi connectivity index (χ4v) is 6.84. The molecule has 2 aromatic carbocycles. The lowest BCUT2D eigenvalue weighted by molar-refractivity contribution is -0.160. The van der Waals surface area contributed by atoms with Crippen molar-refractivity contribution in [1.82, 2.24) is 9.80 Å².